The van der Waals surface area contributed by atoms with Crippen LogP contribution in [0.2, 0.25) is 0 Å². The Bertz CT molecular complexity index is 219. The van der Waals surface area contributed by atoms with Gasteiger partial charge in [0.1, 0.15) is 0 Å². The van der Waals surface area contributed by atoms with Crippen LogP contribution in [0.5, 0.6) is 0 Å². The normalized spacial score (nSPS) is 33.5. The molecule has 15 heavy (non-hydrogen) atoms. The third kappa shape index (κ3) is 3.22. The second-order valence-electron chi connectivity index (χ2n) is 4.73. The van der Waals surface area contributed by atoms with Gasteiger partial charge in [-0.15, -0.1) is 12.3 Å². The first kappa shape index (κ1) is 11.0. The van der Waals surface area contributed by atoms with Gasteiger partial charge in [-0.2, -0.15) is 0 Å². The van der Waals surface area contributed by atoms with Gasteiger partial charge in [-0.3, -0.25) is 0 Å². The van der Waals surface area contributed by atoms with Crippen molar-refractivity contribution >= 4 is 0 Å². The minimum absolute atomic E-state index is 0.484. The van der Waals surface area contributed by atoms with Gasteiger partial charge in [-0.05, 0) is 51.6 Å². The summed E-state index contributed by atoms with van der Waals surface area (Å²) in [5.41, 5.74) is 0. The van der Waals surface area contributed by atoms with E-state index in [1.807, 2.05) is 0 Å². The molecule has 0 bridgehead atoms. The van der Waals surface area contributed by atoms with Gasteiger partial charge in [0.05, 0.1) is 12.2 Å². The number of terminal acetylenes is 1. The summed E-state index contributed by atoms with van der Waals surface area (Å²) < 4.78 is 6.12. The Labute approximate surface area is 92.8 Å². The van der Waals surface area contributed by atoms with E-state index in [0.29, 0.717) is 18.1 Å². The highest BCUT2D eigenvalue weighted by molar-refractivity contribution is 4.95. The van der Waals surface area contributed by atoms with Crippen molar-refractivity contribution in [3.05, 3.63) is 0 Å². The predicted octanol–water partition coefficient (Wildman–Crippen LogP) is 1.95. The van der Waals surface area contributed by atoms with E-state index in [9.17, 15) is 0 Å². The largest absolute Gasteiger partial charge is 0.375 e. The third-order valence-corrected chi connectivity index (χ3v) is 3.58. The van der Waals surface area contributed by atoms with Gasteiger partial charge in [0, 0.05) is 5.92 Å². The second kappa shape index (κ2) is 5.53. The standard InChI is InChI=1S/C13H21NO/c1-2-11-3-5-12(6-4-11)15-13-7-9-14-10-8-13/h1,11-14H,3-10H2. The molecule has 84 valence electrons. The number of hydrogen-bond acceptors (Lipinski definition) is 2. The molecule has 0 aromatic rings. The molecule has 1 aliphatic heterocycles. The molecular formula is C13H21NO. The van der Waals surface area contributed by atoms with Gasteiger partial charge in [0.25, 0.3) is 0 Å². The van der Waals surface area contributed by atoms with Crippen molar-refractivity contribution < 1.29 is 4.74 Å². The smallest absolute Gasteiger partial charge is 0.0603 e. The highest BCUT2D eigenvalue weighted by atomic mass is 16.5. The molecule has 2 fully saturated rings. The van der Waals surface area contributed by atoms with Gasteiger partial charge >= 0.3 is 0 Å². The highest BCUT2D eigenvalue weighted by Gasteiger charge is 2.23. The van der Waals surface area contributed by atoms with Gasteiger partial charge in [-0.1, -0.05) is 0 Å². The lowest BCUT2D eigenvalue weighted by molar-refractivity contribution is -0.0452. The lowest BCUT2D eigenvalue weighted by Crippen LogP contribution is -2.35. The Morgan fingerprint density at radius 2 is 1.53 bits per heavy atom. The van der Waals surface area contributed by atoms with Crippen LogP contribution in [0.15, 0.2) is 0 Å². The van der Waals surface area contributed by atoms with Crippen LogP contribution in [0.1, 0.15) is 38.5 Å². The molecule has 0 aromatic heterocycles. The summed E-state index contributed by atoms with van der Waals surface area (Å²) in [7, 11) is 0. The van der Waals surface area contributed by atoms with Crippen LogP contribution in [0, 0.1) is 18.3 Å². The van der Waals surface area contributed by atoms with Crippen molar-refractivity contribution in [3.63, 3.8) is 0 Å². The summed E-state index contributed by atoms with van der Waals surface area (Å²) in [6.45, 7) is 2.23. The van der Waals surface area contributed by atoms with E-state index < -0.39 is 0 Å². The molecule has 0 aromatic carbocycles. The zero-order valence-electron chi connectivity index (χ0n) is 9.37. The maximum atomic E-state index is 6.12. The lowest BCUT2D eigenvalue weighted by atomic mass is 9.88. The monoisotopic (exact) mass is 207 g/mol. The lowest BCUT2D eigenvalue weighted by Gasteiger charge is -2.31. The molecule has 0 unspecified atom stereocenters. The van der Waals surface area contributed by atoms with Crippen LogP contribution in [0.25, 0.3) is 0 Å². The first-order chi connectivity index (χ1) is 7.38. The first-order valence-corrected chi connectivity index (χ1v) is 6.21. The Morgan fingerprint density at radius 1 is 0.933 bits per heavy atom. The maximum Gasteiger partial charge on any atom is 0.0603 e. The third-order valence-electron chi connectivity index (χ3n) is 3.58. The van der Waals surface area contributed by atoms with E-state index >= 15 is 0 Å². The fourth-order valence-electron chi connectivity index (χ4n) is 2.57. The van der Waals surface area contributed by atoms with Crippen LogP contribution in [-0.2, 0) is 4.74 Å². The number of piperidine rings is 1. The van der Waals surface area contributed by atoms with E-state index in [1.54, 1.807) is 0 Å². The summed E-state index contributed by atoms with van der Waals surface area (Å²) in [6, 6.07) is 0. The van der Waals surface area contributed by atoms with Gasteiger partial charge in [0.2, 0.25) is 0 Å². The van der Waals surface area contributed by atoms with Crippen LogP contribution in [0.3, 0.4) is 0 Å². The maximum absolute atomic E-state index is 6.12. The van der Waals surface area contributed by atoms with E-state index in [4.69, 9.17) is 11.2 Å². The molecule has 1 N–H and O–H groups in total. The Kier molecular flexibility index (Phi) is 4.05. The molecule has 0 radical (unpaired) electrons. The summed E-state index contributed by atoms with van der Waals surface area (Å²) in [5, 5.41) is 3.36. The molecule has 0 spiro atoms. The Hall–Kier alpha value is -0.520. The second-order valence-corrected chi connectivity index (χ2v) is 4.73. The van der Waals surface area contributed by atoms with E-state index in [0.717, 1.165) is 25.9 Å². The zero-order chi connectivity index (χ0) is 10.5. The zero-order valence-corrected chi connectivity index (χ0v) is 9.37. The number of rotatable bonds is 2. The van der Waals surface area contributed by atoms with Crippen LogP contribution in [-0.4, -0.2) is 25.3 Å². The SMILES string of the molecule is C#CC1CCC(OC2CCNCC2)CC1. The Balaban J connectivity index is 1.69. The van der Waals surface area contributed by atoms with Crippen molar-refractivity contribution in [1.82, 2.24) is 5.32 Å². The molecule has 2 nitrogen and oxygen atoms in total. The molecule has 1 aliphatic carbocycles. The first-order valence-electron chi connectivity index (χ1n) is 6.21. The van der Waals surface area contributed by atoms with Crippen molar-refractivity contribution in [2.75, 3.05) is 13.1 Å². The fourth-order valence-corrected chi connectivity index (χ4v) is 2.57. The molecule has 2 aliphatic rings. The van der Waals surface area contributed by atoms with E-state index in [1.165, 1.54) is 25.7 Å². The molecule has 1 saturated carbocycles. The summed E-state index contributed by atoms with van der Waals surface area (Å²) in [5.74, 6) is 3.37. The molecule has 1 heterocycles. The highest BCUT2D eigenvalue weighted by Crippen LogP contribution is 2.27. The van der Waals surface area contributed by atoms with Crippen molar-refractivity contribution in [1.29, 1.82) is 0 Å². The number of ether oxygens (including phenoxy) is 1. The van der Waals surface area contributed by atoms with E-state index in [2.05, 4.69) is 11.2 Å². The average Bonchev–Trinajstić information content (AvgIpc) is 2.31. The van der Waals surface area contributed by atoms with Crippen LogP contribution >= 0.6 is 0 Å². The molecule has 1 saturated heterocycles. The van der Waals surface area contributed by atoms with Crippen molar-refractivity contribution in [2.24, 2.45) is 5.92 Å². The van der Waals surface area contributed by atoms with Gasteiger partial charge in [-0.25, -0.2) is 0 Å². The fraction of sp³-hybridized carbons (Fsp3) is 0.846. The minimum Gasteiger partial charge on any atom is -0.375 e. The van der Waals surface area contributed by atoms with Gasteiger partial charge < -0.3 is 10.1 Å². The topological polar surface area (TPSA) is 21.3 Å². The van der Waals surface area contributed by atoms with Crippen molar-refractivity contribution in [2.45, 2.75) is 50.7 Å². The molecule has 0 amide bonds. The summed E-state index contributed by atoms with van der Waals surface area (Å²) in [6.07, 6.45) is 13.4. The molecule has 0 atom stereocenters. The molecule has 2 rings (SSSR count). The Morgan fingerprint density at radius 3 is 2.13 bits per heavy atom. The predicted molar refractivity (Wildman–Crippen MR) is 61.6 cm³/mol. The van der Waals surface area contributed by atoms with Gasteiger partial charge in [0.15, 0.2) is 0 Å². The van der Waals surface area contributed by atoms with E-state index in [-0.39, 0.29) is 0 Å². The van der Waals surface area contributed by atoms with Crippen LogP contribution in [0.4, 0.5) is 0 Å². The number of hydrogen-bond donors (Lipinski definition) is 1. The number of nitrogens with one attached hydrogen (secondary N) is 1. The minimum atomic E-state index is 0.484. The van der Waals surface area contributed by atoms with Crippen LogP contribution < -0.4 is 5.32 Å². The molecule has 2 heteroatoms. The summed E-state index contributed by atoms with van der Waals surface area (Å²) in [4.78, 5) is 0. The summed E-state index contributed by atoms with van der Waals surface area (Å²) >= 11 is 0. The average molecular weight is 207 g/mol. The molecular weight excluding hydrogens is 186 g/mol. The van der Waals surface area contributed by atoms with Crippen molar-refractivity contribution in [3.8, 4) is 12.3 Å². The quantitative estimate of drug-likeness (QED) is 0.699.